The van der Waals surface area contributed by atoms with Crippen molar-refractivity contribution >= 4 is 34.0 Å². The first-order valence-electron chi connectivity index (χ1n) is 10.5. The molecule has 0 spiro atoms. The molecule has 0 saturated carbocycles. The van der Waals surface area contributed by atoms with Crippen molar-refractivity contribution in [1.29, 1.82) is 0 Å². The summed E-state index contributed by atoms with van der Waals surface area (Å²) in [5.41, 5.74) is 2.20. The van der Waals surface area contributed by atoms with E-state index in [0.717, 1.165) is 22.0 Å². The molecule has 0 N–H and O–H groups in total. The average molecular weight is 421 g/mol. The van der Waals surface area contributed by atoms with Crippen molar-refractivity contribution < 1.29 is 14.4 Å². The largest absolute Gasteiger partial charge is 0.273 e. The van der Waals surface area contributed by atoms with Gasteiger partial charge in [0.05, 0.1) is 17.4 Å². The zero-order chi connectivity index (χ0) is 21.7. The number of imide groups is 1. The molecule has 2 saturated heterocycles. The second-order valence-corrected chi connectivity index (χ2v) is 7.95. The molecule has 32 heavy (non-hydrogen) atoms. The number of benzene rings is 3. The average Bonchev–Trinajstić information content (AvgIpc) is 3.36. The Balaban J connectivity index is 1.47. The summed E-state index contributed by atoms with van der Waals surface area (Å²) in [6.07, 6.45) is 2.52. The normalized spacial score (nSPS) is 22.6. The smallest absolute Gasteiger partial charge is 0.266 e. The third-order valence-corrected chi connectivity index (χ3v) is 6.16. The topological polar surface area (TPSA) is 62.7 Å². The van der Waals surface area contributed by atoms with Gasteiger partial charge >= 0.3 is 0 Å². The van der Waals surface area contributed by atoms with Gasteiger partial charge in [0.25, 0.3) is 5.91 Å². The standard InChI is InChI=1S/C26H19N3O3/c30-25-22-23(18-10-7-15-27-16-18)29(19-11-2-1-3-12-19)32-24(22)26(31)28(25)21-14-6-9-17-8-4-5-13-20(17)21/h1-16,22-24H/t22-,23+,24-/m0/s1. The van der Waals surface area contributed by atoms with Crippen LogP contribution in [0.2, 0.25) is 0 Å². The lowest BCUT2D eigenvalue weighted by Gasteiger charge is -2.28. The number of aromatic nitrogens is 1. The molecule has 6 nitrogen and oxygen atoms in total. The van der Waals surface area contributed by atoms with E-state index in [9.17, 15) is 9.59 Å². The Morgan fingerprint density at radius 1 is 0.781 bits per heavy atom. The minimum absolute atomic E-state index is 0.261. The van der Waals surface area contributed by atoms with Crippen LogP contribution in [0.3, 0.4) is 0 Å². The molecule has 2 aliphatic heterocycles. The lowest BCUT2D eigenvalue weighted by Crippen LogP contribution is -2.37. The third kappa shape index (κ3) is 2.73. The van der Waals surface area contributed by atoms with Gasteiger partial charge in [-0.1, -0.05) is 60.7 Å². The first kappa shape index (κ1) is 18.7. The summed E-state index contributed by atoms with van der Waals surface area (Å²) in [5.74, 6) is -1.28. The molecule has 3 atom stereocenters. The molecule has 6 rings (SSSR count). The third-order valence-electron chi connectivity index (χ3n) is 6.16. The highest BCUT2D eigenvalue weighted by atomic mass is 16.7. The molecule has 156 valence electrons. The summed E-state index contributed by atoms with van der Waals surface area (Å²) in [6, 6.07) is 26.2. The molecule has 0 radical (unpaired) electrons. The molecule has 3 aromatic carbocycles. The summed E-state index contributed by atoms with van der Waals surface area (Å²) >= 11 is 0. The minimum atomic E-state index is -0.896. The molecule has 3 heterocycles. The van der Waals surface area contributed by atoms with E-state index in [2.05, 4.69) is 4.98 Å². The van der Waals surface area contributed by atoms with Gasteiger partial charge in [0.1, 0.15) is 5.92 Å². The molecule has 1 aromatic heterocycles. The monoisotopic (exact) mass is 421 g/mol. The number of rotatable bonds is 3. The maximum atomic E-state index is 13.8. The number of para-hydroxylation sites is 1. The van der Waals surface area contributed by atoms with Gasteiger partial charge in [0.15, 0.2) is 6.10 Å². The Hall–Kier alpha value is -4.03. The number of fused-ring (bicyclic) bond motifs is 2. The summed E-state index contributed by atoms with van der Waals surface area (Å²) in [7, 11) is 0. The van der Waals surface area contributed by atoms with E-state index >= 15 is 0 Å². The summed E-state index contributed by atoms with van der Waals surface area (Å²) in [5, 5.41) is 3.51. The SMILES string of the molecule is O=C1[C@@H]2[C@H](ON(c3ccccc3)[C@@H]2c2cccnc2)C(=O)N1c1cccc2ccccc12. The van der Waals surface area contributed by atoms with Crippen LogP contribution in [-0.2, 0) is 14.4 Å². The van der Waals surface area contributed by atoms with Gasteiger partial charge in [-0.15, -0.1) is 0 Å². The maximum Gasteiger partial charge on any atom is 0.266 e. The molecule has 0 unspecified atom stereocenters. The van der Waals surface area contributed by atoms with Gasteiger partial charge in [-0.2, -0.15) is 0 Å². The number of carbonyl (C=O) groups is 2. The highest BCUT2D eigenvalue weighted by Gasteiger charge is 2.60. The molecule has 0 aliphatic carbocycles. The highest BCUT2D eigenvalue weighted by Crippen LogP contribution is 2.48. The maximum absolute atomic E-state index is 13.8. The van der Waals surface area contributed by atoms with E-state index in [0.29, 0.717) is 5.69 Å². The van der Waals surface area contributed by atoms with Crippen LogP contribution in [0.4, 0.5) is 11.4 Å². The summed E-state index contributed by atoms with van der Waals surface area (Å²) in [6.45, 7) is 0. The Kier molecular flexibility index (Phi) is 4.26. The summed E-state index contributed by atoms with van der Waals surface area (Å²) in [4.78, 5) is 39.0. The fourth-order valence-electron chi connectivity index (χ4n) is 4.74. The Morgan fingerprint density at radius 2 is 1.56 bits per heavy atom. The first-order chi connectivity index (χ1) is 15.7. The van der Waals surface area contributed by atoms with Gasteiger partial charge < -0.3 is 0 Å². The lowest BCUT2D eigenvalue weighted by molar-refractivity contribution is -0.126. The molecule has 2 aliphatic rings. The van der Waals surface area contributed by atoms with Gasteiger partial charge in [0.2, 0.25) is 5.91 Å². The van der Waals surface area contributed by atoms with Crippen LogP contribution in [0.1, 0.15) is 11.6 Å². The fraction of sp³-hybridized carbons (Fsp3) is 0.115. The van der Waals surface area contributed by atoms with Crippen LogP contribution in [0.25, 0.3) is 10.8 Å². The van der Waals surface area contributed by atoms with Gasteiger partial charge in [-0.3, -0.25) is 19.4 Å². The Morgan fingerprint density at radius 3 is 2.38 bits per heavy atom. The number of hydrogen-bond donors (Lipinski definition) is 0. The van der Waals surface area contributed by atoms with E-state index in [1.165, 1.54) is 4.90 Å². The van der Waals surface area contributed by atoms with Crippen LogP contribution in [-0.4, -0.2) is 22.9 Å². The molecule has 6 heteroatoms. The number of pyridine rings is 1. The number of carbonyl (C=O) groups excluding carboxylic acids is 2. The van der Waals surface area contributed by atoms with Crippen molar-refractivity contribution in [2.24, 2.45) is 5.92 Å². The van der Waals surface area contributed by atoms with Crippen LogP contribution < -0.4 is 9.96 Å². The molecule has 0 bridgehead atoms. The molecular formula is C26H19N3O3. The zero-order valence-corrected chi connectivity index (χ0v) is 17.0. The number of hydrogen-bond acceptors (Lipinski definition) is 5. The summed E-state index contributed by atoms with van der Waals surface area (Å²) < 4.78 is 0. The Labute approximate surface area is 184 Å². The lowest BCUT2D eigenvalue weighted by atomic mass is 9.91. The molecule has 2 fully saturated rings. The predicted octanol–water partition coefficient (Wildman–Crippen LogP) is 4.29. The first-order valence-corrected chi connectivity index (χ1v) is 10.5. The van der Waals surface area contributed by atoms with Crippen molar-refractivity contribution in [3.8, 4) is 0 Å². The van der Waals surface area contributed by atoms with Gasteiger partial charge in [0, 0.05) is 17.8 Å². The van der Waals surface area contributed by atoms with Crippen molar-refractivity contribution in [1.82, 2.24) is 4.98 Å². The van der Waals surface area contributed by atoms with Gasteiger partial charge in [-0.05, 0) is 35.2 Å². The molecule has 4 aromatic rings. The zero-order valence-electron chi connectivity index (χ0n) is 17.0. The predicted molar refractivity (Wildman–Crippen MR) is 121 cm³/mol. The van der Waals surface area contributed by atoms with E-state index in [-0.39, 0.29) is 11.8 Å². The number of hydroxylamine groups is 1. The number of nitrogens with zero attached hydrogens (tertiary/aromatic N) is 3. The quantitative estimate of drug-likeness (QED) is 0.462. The van der Waals surface area contributed by atoms with Crippen molar-refractivity contribution in [2.45, 2.75) is 12.1 Å². The van der Waals surface area contributed by atoms with Gasteiger partial charge in [-0.25, -0.2) is 9.96 Å². The molecule has 2 amide bonds. The van der Waals surface area contributed by atoms with E-state index in [1.54, 1.807) is 17.5 Å². The Bertz CT molecular complexity index is 1320. The fourth-order valence-corrected chi connectivity index (χ4v) is 4.74. The van der Waals surface area contributed by atoms with Crippen molar-refractivity contribution in [3.05, 3.63) is 103 Å². The van der Waals surface area contributed by atoms with Crippen molar-refractivity contribution in [2.75, 3.05) is 9.96 Å². The highest BCUT2D eigenvalue weighted by molar-refractivity contribution is 6.26. The van der Waals surface area contributed by atoms with E-state index in [1.807, 2.05) is 84.9 Å². The number of anilines is 2. The molecular weight excluding hydrogens is 402 g/mol. The van der Waals surface area contributed by atoms with Crippen LogP contribution >= 0.6 is 0 Å². The van der Waals surface area contributed by atoms with Crippen LogP contribution in [0.5, 0.6) is 0 Å². The number of amides is 2. The van der Waals surface area contributed by atoms with E-state index < -0.39 is 18.1 Å². The minimum Gasteiger partial charge on any atom is -0.273 e. The van der Waals surface area contributed by atoms with E-state index in [4.69, 9.17) is 4.84 Å². The second kappa shape index (κ2) is 7.28. The second-order valence-electron chi connectivity index (χ2n) is 7.95. The van der Waals surface area contributed by atoms with Crippen LogP contribution in [0.15, 0.2) is 97.3 Å². The van der Waals surface area contributed by atoms with Crippen molar-refractivity contribution in [3.63, 3.8) is 0 Å². The van der Waals surface area contributed by atoms with Crippen LogP contribution in [0, 0.1) is 5.92 Å².